The van der Waals surface area contributed by atoms with Gasteiger partial charge < -0.3 is 15.4 Å². The van der Waals surface area contributed by atoms with Crippen LogP contribution in [0.15, 0.2) is 0 Å². The van der Waals surface area contributed by atoms with E-state index in [1.165, 1.54) is 0 Å². The minimum Gasteiger partial charge on any atom is -0.436 e. The van der Waals surface area contributed by atoms with Crippen molar-refractivity contribution in [2.45, 2.75) is 66.0 Å². The van der Waals surface area contributed by atoms with Crippen LogP contribution in [-0.2, 0) is 28.7 Å². The van der Waals surface area contributed by atoms with Crippen molar-refractivity contribution in [2.75, 3.05) is 5.75 Å². The quantitative estimate of drug-likeness (QED) is 0.0592. The summed E-state index contributed by atoms with van der Waals surface area (Å²) in [4.78, 5) is 69.7. The Hall–Kier alpha value is -2.01. The Morgan fingerprint density at radius 1 is 1.12 bits per heavy atom. The molecule has 4 N–H and O–H groups in total. The third kappa shape index (κ3) is 4.86. The normalized spacial score (nSPS) is 32.9. The van der Waals surface area contributed by atoms with Gasteiger partial charge in [-0.3, -0.25) is 34.4 Å². The molecule has 16 heteroatoms. The molecule has 4 aliphatic rings. The second-order valence-electron chi connectivity index (χ2n) is 8.20. The Bertz CT molecular complexity index is 936. The summed E-state index contributed by atoms with van der Waals surface area (Å²) in [6, 6.07) is -0.0124. The van der Waals surface area contributed by atoms with Crippen LogP contribution in [0.5, 0.6) is 0 Å². The highest BCUT2D eigenvalue weighted by Crippen LogP contribution is 2.48. The van der Waals surface area contributed by atoms with Gasteiger partial charge in [-0.15, -0.1) is 0 Å². The second kappa shape index (κ2) is 9.93. The number of carbonyl (C=O) groups is 6. The number of imide groups is 2. The number of amides is 6. The summed E-state index contributed by atoms with van der Waals surface area (Å²) in [5.41, 5.74) is 0. The molecule has 2 unspecified atom stereocenters. The van der Waals surface area contributed by atoms with Crippen LogP contribution in [0.3, 0.4) is 0 Å². The van der Waals surface area contributed by atoms with E-state index in [2.05, 4.69) is 10.6 Å². The lowest BCUT2D eigenvalue weighted by Gasteiger charge is -2.25. The lowest BCUT2D eigenvalue weighted by molar-refractivity contribution is -0.178. The minimum atomic E-state index is -2.08. The van der Waals surface area contributed by atoms with Crippen LogP contribution in [0.4, 0.5) is 4.79 Å². The molecule has 0 aromatic rings. The van der Waals surface area contributed by atoms with E-state index in [1.54, 1.807) is 11.8 Å². The summed E-state index contributed by atoms with van der Waals surface area (Å²) in [5, 5.41) is 23.9. The van der Waals surface area contributed by atoms with Gasteiger partial charge in [-0.05, 0) is 23.6 Å². The summed E-state index contributed by atoms with van der Waals surface area (Å²) >= 11 is 1.75. The van der Waals surface area contributed by atoms with E-state index in [1.807, 2.05) is 0 Å². The average Bonchev–Trinajstić information content (AvgIpc) is 3.47. The number of rotatable bonds is 9. The zero-order valence-electron chi connectivity index (χ0n) is 17.6. The van der Waals surface area contributed by atoms with E-state index in [9.17, 15) is 39.2 Å². The first-order chi connectivity index (χ1) is 16.1. The Balaban J connectivity index is 1.29. The third-order valence-corrected chi connectivity index (χ3v) is 10.5. The molecule has 4 aliphatic heterocycles. The van der Waals surface area contributed by atoms with Crippen LogP contribution in [0.1, 0.15) is 38.5 Å². The molecule has 0 bridgehead atoms. The number of unbranched alkanes of at least 4 members (excludes halogenated alkanes) is 1. The molecule has 4 heterocycles. The molecule has 4 rings (SSSR count). The van der Waals surface area contributed by atoms with Gasteiger partial charge in [-0.1, -0.05) is 17.2 Å². The van der Waals surface area contributed by atoms with Crippen LogP contribution >= 0.6 is 33.3 Å². The molecule has 4 fully saturated rings. The molecule has 5 atom stereocenters. The van der Waals surface area contributed by atoms with Crippen LogP contribution < -0.4 is 10.6 Å². The molecule has 0 radical (unpaired) electrons. The molecular formula is C18H22N4O9S3. The highest BCUT2D eigenvalue weighted by molar-refractivity contribution is 8.77. The molecule has 0 aromatic heterocycles. The van der Waals surface area contributed by atoms with Gasteiger partial charge in [0, 0.05) is 17.4 Å². The number of ether oxygens (including phenoxy) is 1. The molecule has 0 spiro atoms. The zero-order chi connectivity index (χ0) is 24.6. The zero-order valence-corrected chi connectivity index (χ0v) is 20.1. The van der Waals surface area contributed by atoms with Gasteiger partial charge in [-0.2, -0.15) is 21.9 Å². The van der Waals surface area contributed by atoms with E-state index in [0.29, 0.717) is 34.4 Å². The molecule has 13 nitrogen and oxygen atoms in total. The lowest BCUT2D eigenvalue weighted by Crippen LogP contribution is -2.40. The lowest BCUT2D eigenvalue weighted by atomic mass is 10.0. The van der Waals surface area contributed by atoms with Crippen molar-refractivity contribution in [3.63, 3.8) is 0 Å². The highest BCUT2D eigenvalue weighted by Gasteiger charge is 2.57. The van der Waals surface area contributed by atoms with Crippen LogP contribution in [0.25, 0.3) is 0 Å². The first kappa shape index (κ1) is 25.1. The molecule has 0 saturated carbocycles. The van der Waals surface area contributed by atoms with Crippen LogP contribution in [0, 0.1) is 0 Å². The van der Waals surface area contributed by atoms with Gasteiger partial charge in [0.25, 0.3) is 22.7 Å². The average molecular weight is 535 g/mol. The number of carbonyl (C=O) groups excluding carboxylic acids is 6. The smallest absolute Gasteiger partial charge is 0.315 e. The summed E-state index contributed by atoms with van der Waals surface area (Å²) in [6.45, 7) is 0. The largest absolute Gasteiger partial charge is 0.436 e. The highest BCUT2D eigenvalue weighted by atomic mass is 33.1. The topological polar surface area (TPSA) is 183 Å². The van der Waals surface area contributed by atoms with E-state index in [0.717, 1.165) is 12.2 Å². The van der Waals surface area contributed by atoms with E-state index >= 15 is 0 Å². The van der Waals surface area contributed by atoms with Gasteiger partial charge in [-0.25, -0.2) is 4.79 Å². The molecule has 4 saturated heterocycles. The predicted octanol–water partition coefficient (Wildman–Crippen LogP) is -0.00210. The predicted molar refractivity (Wildman–Crippen MR) is 118 cm³/mol. The van der Waals surface area contributed by atoms with Gasteiger partial charge in [0.2, 0.25) is 0 Å². The van der Waals surface area contributed by atoms with E-state index in [-0.39, 0.29) is 46.3 Å². The Labute approximate surface area is 205 Å². The standard InChI is InChI=1S/C18H22N4O9S3/c23-11-5-10(15(26)21(11)29)33-34-18(6-12(24)22(30)16(18)27)31-13(25)4-2-1-3-9-14-8(7-32-9)19-17(28)20-14/h8-10,14,29-30H,1-7H2,(H2,19,20,28)/t8-,9-,10?,14-,18?/m1/s1. The molecule has 0 aliphatic carbocycles. The fourth-order valence-corrected chi connectivity index (χ4v) is 8.52. The van der Waals surface area contributed by atoms with Gasteiger partial charge >= 0.3 is 17.9 Å². The molecule has 6 amide bonds. The van der Waals surface area contributed by atoms with Crippen molar-refractivity contribution in [2.24, 2.45) is 0 Å². The van der Waals surface area contributed by atoms with E-state index in [4.69, 9.17) is 4.74 Å². The van der Waals surface area contributed by atoms with Crippen LogP contribution in [-0.4, -0.2) is 89.4 Å². The number of hydrogen-bond acceptors (Lipinski definition) is 12. The number of hydrogen-bond donors (Lipinski definition) is 4. The monoisotopic (exact) mass is 534 g/mol. The Morgan fingerprint density at radius 2 is 1.88 bits per heavy atom. The van der Waals surface area contributed by atoms with Gasteiger partial charge in [0.1, 0.15) is 5.25 Å². The first-order valence-electron chi connectivity index (χ1n) is 10.5. The van der Waals surface area contributed by atoms with Gasteiger partial charge in [0.05, 0.1) is 24.9 Å². The molecule has 34 heavy (non-hydrogen) atoms. The molecule has 186 valence electrons. The SMILES string of the molecule is O=C1N[C@@H]2[C@@H](CS[C@@H]2CCCCC(=O)OC2(SSC3CC(=O)N(O)C3=O)CC(=O)N(O)C2=O)N1. The van der Waals surface area contributed by atoms with Crippen molar-refractivity contribution in [1.82, 2.24) is 20.8 Å². The maximum atomic E-state index is 12.5. The fraction of sp³-hybridized carbons (Fsp3) is 0.667. The maximum Gasteiger partial charge on any atom is 0.315 e. The summed E-state index contributed by atoms with van der Waals surface area (Å²) in [7, 11) is 1.30. The Morgan fingerprint density at radius 3 is 2.53 bits per heavy atom. The third-order valence-electron chi connectivity index (χ3n) is 5.85. The van der Waals surface area contributed by atoms with Crippen molar-refractivity contribution < 1.29 is 43.9 Å². The number of esters is 1. The van der Waals surface area contributed by atoms with Crippen molar-refractivity contribution >= 4 is 69.0 Å². The number of hydroxylamine groups is 4. The number of fused-ring (bicyclic) bond motifs is 1. The Kier molecular flexibility index (Phi) is 7.33. The molecular weight excluding hydrogens is 512 g/mol. The van der Waals surface area contributed by atoms with Crippen LogP contribution in [0.2, 0.25) is 0 Å². The van der Waals surface area contributed by atoms with Crippen molar-refractivity contribution in [3.8, 4) is 0 Å². The fourth-order valence-electron chi connectivity index (χ4n) is 4.08. The van der Waals surface area contributed by atoms with Gasteiger partial charge in [0.15, 0.2) is 0 Å². The molecule has 0 aromatic carbocycles. The van der Waals surface area contributed by atoms with Crippen molar-refractivity contribution in [1.29, 1.82) is 0 Å². The second-order valence-corrected chi connectivity index (χ2v) is 12.1. The summed E-state index contributed by atoms with van der Waals surface area (Å²) in [6.07, 6.45) is 0.902. The summed E-state index contributed by atoms with van der Waals surface area (Å²) in [5.74, 6) is -3.75. The van der Waals surface area contributed by atoms with E-state index < -0.39 is 46.2 Å². The number of nitrogens with one attached hydrogen (secondary N) is 2. The number of nitrogens with zero attached hydrogens (tertiary/aromatic N) is 2. The minimum absolute atomic E-state index is 0.0191. The maximum absolute atomic E-state index is 12.5. The number of urea groups is 1. The van der Waals surface area contributed by atoms with Crippen molar-refractivity contribution in [3.05, 3.63) is 0 Å². The summed E-state index contributed by atoms with van der Waals surface area (Å²) < 4.78 is 5.34. The number of thioether (sulfide) groups is 1. The first-order valence-corrected chi connectivity index (χ1v) is 13.7.